The minimum atomic E-state index is -1.74. The standard InChI is InChI=1S/C20H32N2O7Si/c1-19(2,3)11-15(12-20(13-28-4,18(24)25)29-30(5)6)21-17(23)14-7-9-16(10-8-14)22(26)27/h7-10,15,30H,11-13H2,1-6H3,(H,21,23)(H,24,25)/t15-,20+/m0/s1. The van der Waals surface area contributed by atoms with Gasteiger partial charge in [0.15, 0.2) is 14.6 Å². The lowest BCUT2D eigenvalue weighted by Crippen LogP contribution is -2.53. The molecule has 1 aromatic carbocycles. The molecule has 30 heavy (non-hydrogen) atoms. The highest BCUT2D eigenvalue weighted by Gasteiger charge is 2.43. The van der Waals surface area contributed by atoms with Crippen molar-refractivity contribution in [2.75, 3.05) is 13.7 Å². The Bertz CT molecular complexity index is 747. The van der Waals surface area contributed by atoms with Gasteiger partial charge in [0.05, 0.1) is 11.5 Å². The molecule has 0 bridgehead atoms. The van der Waals surface area contributed by atoms with Crippen molar-refractivity contribution in [3.05, 3.63) is 39.9 Å². The molecule has 0 heterocycles. The van der Waals surface area contributed by atoms with Gasteiger partial charge in [-0.3, -0.25) is 14.9 Å². The Hall–Kier alpha value is -2.30. The quantitative estimate of drug-likeness (QED) is 0.307. The number of carboxylic acids is 1. The summed E-state index contributed by atoms with van der Waals surface area (Å²) in [6.45, 7) is 9.60. The van der Waals surface area contributed by atoms with Crippen LogP contribution in [0.5, 0.6) is 0 Å². The van der Waals surface area contributed by atoms with Crippen LogP contribution >= 0.6 is 0 Å². The molecule has 2 N–H and O–H groups in total. The van der Waals surface area contributed by atoms with E-state index >= 15 is 0 Å². The lowest BCUT2D eigenvalue weighted by Gasteiger charge is -2.36. The molecule has 0 radical (unpaired) electrons. The van der Waals surface area contributed by atoms with E-state index in [1.54, 1.807) is 0 Å². The van der Waals surface area contributed by atoms with Gasteiger partial charge in [0.1, 0.15) is 0 Å². The molecule has 2 atom stereocenters. The number of nitro groups is 1. The fraction of sp³-hybridized carbons (Fsp3) is 0.600. The molecule has 0 aliphatic heterocycles. The summed E-state index contributed by atoms with van der Waals surface area (Å²) in [4.78, 5) is 35.2. The van der Waals surface area contributed by atoms with Crippen LogP contribution in [-0.4, -0.2) is 56.3 Å². The fourth-order valence-corrected chi connectivity index (χ4v) is 4.51. The molecule has 0 aromatic heterocycles. The van der Waals surface area contributed by atoms with E-state index in [0.717, 1.165) is 0 Å². The lowest BCUT2D eigenvalue weighted by molar-refractivity contribution is -0.384. The van der Waals surface area contributed by atoms with Gasteiger partial charge in [0, 0.05) is 37.3 Å². The SMILES string of the molecule is COC[C@@](C[C@H](CC(C)(C)C)NC(=O)c1ccc([N+](=O)[O-])cc1)(O[SiH](C)C)C(=O)O. The highest BCUT2D eigenvalue weighted by molar-refractivity contribution is 6.48. The summed E-state index contributed by atoms with van der Waals surface area (Å²) in [6.07, 6.45) is 0.546. The maximum Gasteiger partial charge on any atom is 0.337 e. The Morgan fingerprint density at radius 1 is 1.20 bits per heavy atom. The summed E-state index contributed by atoms with van der Waals surface area (Å²) in [5, 5.41) is 23.6. The first-order valence-corrected chi connectivity index (χ1v) is 12.5. The summed E-state index contributed by atoms with van der Waals surface area (Å²) < 4.78 is 11.1. The van der Waals surface area contributed by atoms with E-state index in [2.05, 4.69) is 5.32 Å². The van der Waals surface area contributed by atoms with Crippen molar-refractivity contribution in [1.82, 2.24) is 5.32 Å². The molecule has 1 amide bonds. The summed E-state index contributed by atoms with van der Waals surface area (Å²) in [5.74, 6) is -1.56. The fourth-order valence-electron chi connectivity index (χ4n) is 3.34. The van der Waals surface area contributed by atoms with Crippen molar-refractivity contribution in [1.29, 1.82) is 0 Å². The maximum atomic E-state index is 12.8. The molecule has 0 aliphatic rings. The molecule has 1 rings (SSSR count). The van der Waals surface area contributed by atoms with Gasteiger partial charge in [-0.25, -0.2) is 4.79 Å². The number of benzene rings is 1. The number of nitrogens with zero attached hydrogens (tertiary/aromatic N) is 1. The molecular weight excluding hydrogens is 408 g/mol. The first-order chi connectivity index (χ1) is 13.8. The Morgan fingerprint density at radius 3 is 2.17 bits per heavy atom. The summed E-state index contributed by atoms with van der Waals surface area (Å²) in [7, 11) is -0.329. The van der Waals surface area contributed by atoms with E-state index in [1.165, 1.54) is 31.4 Å². The van der Waals surface area contributed by atoms with Crippen LogP contribution in [-0.2, 0) is 14.0 Å². The zero-order chi connectivity index (χ0) is 23.1. The number of nitro benzene ring substituents is 1. The molecule has 0 saturated carbocycles. The van der Waals surface area contributed by atoms with E-state index in [9.17, 15) is 24.8 Å². The number of nitrogens with one attached hydrogen (secondary N) is 1. The molecule has 0 saturated heterocycles. The van der Waals surface area contributed by atoms with Gasteiger partial charge in [0.25, 0.3) is 11.6 Å². The molecule has 0 fully saturated rings. The minimum absolute atomic E-state index is 0.0390. The van der Waals surface area contributed by atoms with E-state index in [1.807, 2.05) is 33.9 Å². The second-order valence-corrected chi connectivity index (χ2v) is 11.2. The van der Waals surface area contributed by atoms with E-state index in [0.29, 0.717) is 6.42 Å². The third-order valence-corrected chi connectivity index (χ3v) is 5.26. The first-order valence-electron chi connectivity index (χ1n) is 9.75. The first kappa shape index (κ1) is 25.7. The van der Waals surface area contributed by atoms with E-state index in [4.69, 9.17) is 9.16 Å². The average Bonchev–Trinajstić information content (AvgIpc) is 2.59. The number of methoxy groups -OCH3 is 1. The van der Waals surface area contributed by atoms with Gasteiger partial charge in [-0.15, -0.1) is 0 Å². The molecular formula is C20H32N2O7Si. The van der Waals surface area contributed by atoms with Crippen LogP contribution in [0.4, 0.5) is 5.69 Å². The number of ether oxygens (including phenoxy) is 1. The van der Waals surface area contributed by atoms with Gasteiger partial charge in [-0.2, -0.15) is 0 Å². The van der Waals surface area contributed by atoms with Crippen LogP contribution < -0.4 is 5.32 Å². The third-order valence-electron chi connectivity index (χ3n) is 4.34. The molecule has 168 valence electrons. The normalized spacial score (nSPS) is 14.8. The molecule has 10 heteroatoms. The smallest absolute Gasteiger partial charge is 0.337 e. The highest BCUT2D eigenvalue weighted by atomic mass is 28.3. The average molecular weight is 441 g/mol. The molecule has 0 unspecified atom stereocenters. The monoisotopic (exact) mass is 440 g/mol. The maximum absolute atomic E-state index is 12.8. The largest absolute Gasteiger partial charge is 0.479 e. The zero-order valence-electron chi connectivity index (χ0n) is 18.4. The van der Waals surface area contributed by atoms with Crippen LogP contribution in [0.25, 0.3) is 0 Å². The van der Waals surface area contributed by atoms with Crippen molar-refractivity contribution >= 4 is 26.6 Å². The second kappa shape index (κ2) is 10.6. The predicted octanol–water partition coefficient (Wildman–Crippen LogP) is 2.99. The lowest BCUT2D eigenvalue weighted by atomic mass is 9.83. The van der Waals surface area contributed by atoms with Crippen molar-refractivity contribution in [2.45, 2.75) is 58.3 Å². The number of carbonyl (C=O) groups excluding carboxylic acids is 1. The number of carboxylic acid groups (broad SMARTS) is 1. The van der Waals surface area contributed by atoms with E-state index in [-0.39, 0.29) is 29.7 Å². The van der Waals surface area contributed by atoms with Crippen LogP contribution in [0.1, 0.15) is 44.0 Å². The van der Waals surface area contributed by atoms with Crippen LogP contribution in [0, 0.1) is 15.5 Å². The molecule has 9 nitrogen and oxygen atoms in total. The van der Waals surface area contributed by atoms with Crippen LogP contribution in [0.2, 0.25) is 13.1 Å². The van der Waals surface area contributed by atoms with Crippen molar-refractivity contribution in [2.24, 2.45) is 5.41 Å². The summed E-state index contributed by atoms with van der Waals surface area (Å²) in [6, 6.07) is 4.75. The van der Waals surface area contributed by atoms with Gasteiger partial charge in [-0.1, -0.05) is 20.8 Å². The summed E-state index contributed by atoms with van der Waals surface area (Å²) >= 11 is 0. The number of aliphatic carboxylic acids is 1. The molecule has 1 aromatic rings. The van der Waals surface area contributed by atoms with Crippen LogP contribution in [0.15, 0.2) is 24.3 Å². The molecule has 0 spiro atoms. The highest BCUT2D eigenvalue weighted by Crippen LogP contribution is 2.29. The van der Waals surface area contributed by atoms with E-state index < -0.39 is 37.5 Å². The Kier molecular flexibility index (Phi) is 9.13. The Labute approximate surface area is 178 Å². The van der Waals surface area contributed by atoms with Gasteiger partial charge in [-0.05, 0) is 37.1 Å². The number of amides is 1. The summed E-state index contributed by atoms with van der Waals surface area (Å²) in [5.41, 5.74) is -1.61. The molecule has 0 aliphatic carbocycles. The van der Waals surface area contributed by atoms with Gasteiger partial charge < -0.3 is 19.6 Å². The zero-order valence-corrected chi connectivity index (χ0v) is 19.6. The van der Waals surface area contributed by atoms with Gasteiger partial charge in [0.2, 0.25) is 0 Å². The number of carbonyl (C=O) groups is 2. The third kappa shape index (κ3) is 7.85. The second-order valence-electron chi connectivity index (χ2n) is 8.84. The number of hydrogen-bond acceptors (Lipinski definition) is 6. The van der Waals surface area contributed by atoms with Gasteiger partial charge >= 0.3 is 5.97 Å². The Balaban J connectivity index is 3.16. The van der Waals surface area contributed by atoms with Crippen molar-refractivity contribution in [3.63, 3.8) is 0 Å². The number of non-ortho nitro benzene ring substituents is 1. The van der Waals surface area contributed by atoms with Crippen molar-refractivity contribution < 1.29 is 28.8 Å². The minimum Gasteiger partial charge on any atom is -0.479 e. The predicted molar refractivity (Wildman–Crippen MR) is 115 cm³/mol. The number of rotatable bonds is 11. The van der Waals surface area contributed by atoms with Crippen LogP contribution in [0.3, 0.4) is 0 Å². The number of hydrogen-bond donors (Lipinski definition) is 2. The topological polar surface area (TPSA) is 128 Å². The Morgan fingerprint density at radius 2 is 1.77 bits per heavy atom. The van der Waals surface area contributed by atoms with Crippen molar-refractivity contribution in [3.8, 4) is 0 Å².